The molecule has 9 heteroatoms. The number of pyridine rings is 1. The minimum atomic E-state index is -0.629. The van der Waals surface area contributed by atoms with E-state index in [9.17, 15) is 19.8 Å². The van der Waals surface area contributed by atoms with Crippen molar-refractivity contribution in [3.05, 3.63) is 92.4 Å². The van der Waals surface area contributed by atoms with Crippen LogP contribution in [0.25, 0.3) is 0 Å². The van der Waals surface area contributed by atoms with Crippen LogP contribution in [0.3, 0.4) is 0 Å². The fourth-order valence-corrected chi connectivity index (χ4v) is 5.81. The van der Waals surface area contributed by atoms with Crippen LogP contribution in [0.1, 0.15) is 33.2 Å². The third-order valence-electron chi connectivity index (χ3n) is 5.82. The van der Waals surface area contributed by atoms with Gasteiger partial charge in [0.05, 0.1) is 17.7 Å². The number of fused-ring (bicyclic) bond motifs is 3. The highest BCUT2D eigenvalue weighted by molar-refractivity contribution is 7.98. The zero-order valence-corrected chi connectivity index (χ0v) is 18.5. The van der Waals surface area contributed by atoms with E-state index in [0.29, 0.717) is 5.02 Å². The quantitative estimate of drug-likeness (QED) is 0.613. The first-order valence-corrected chi connectivity index (χ1v) is 11.5. The lowest BCUT2D eigenvalue weighted by atomic mass is 9.94. The molecular formula is C23H20ClN3O4S. The van der Waals surface area contributed by atoms with Gasteiger partial charge in [-0.15, -0.1) is 11.8 Å². The van der Waals surface area contributed by atoms with Gasteiger partial charge in [-0.3, -0.25) is 19.3 Å². The maximum Gasteiger partial charge on any atom is 0.277 e. The van der Waals surface area contributed by atoms with E-state index in [0.717, 1.165) is 27.3 Å². The Bertz CT molecular complexity index is 1280. The minimum Gasteiger partial charge on any atom is -0.502 e. The summed E-state index contributed by atoms with van der Waals surface area (Å²) < 4.78 is 1.55. The molecule has 2 N–H and O–H groups in total. The Morgan fingerprint density at radius 3 is 2.66 bits per heavy atom. The van der Waals surface area contributed by atoms with Crippen LogP contribution in [-0.4, -0.2) is 45.5 Å². The molecule has 5 rings (SSSR count). The third-order valence-corrected chi connectivity index (χ3v) is 7.44. The highest BCUT2D eigenvalue weighted by Crippen LogP contribution is 2.45. The topological polar surface area (TPSA) is 86.0 Å². The number of aromatic nitrogens is 1. The zero-order chi connectivity index (χ0) is 22.4. The predicted octanol–water partition coefficient (Wildman–Crippen LogP) is 2.95. The number of hydrogen-bond acceptors (Lipinski definition) is 6. The van der Waals surface area contributed by atoms with E-state index in [4.69, 9.17) is 11.6 Å². The Hall–Kier alpha value is -2.94. The molecule has 0 aliphatic carbocycles. The van der Waals surface area contributed by atoms with Crippen LogP contribution in [0, 0.1) is 0 Å². The van der Waals surface area contributed by atoms with E-state index >= 15 is 0 Å². The van der Waals surface area contributed by atoms with Crippen LogP contribution in [0.15, 0.2) is 64.4 Å². The number of carbonyl (C=O) groups is 1. The summed E-state index contributed by atoms with van der Waals surface area (Å²) in [7, 11) is 0. The van der Waals surface area contributed by atoms with Gasteiger partial charge in [0.25, 0.3) is 5.91 Å². The van der Waals surface area contributed by atoms with E-state index in [1.165, 1.54) is 17.2 Å². The molecule has 1 aromatic heterocycles. The second kappa shape index (κ2) is 8.20. The Labute approximate surface area is 193 Å². The average Bonchev–Trinajstić information content (AvgIpc) is 2.96. The summed E-state index contributed by atoms with van der Waals surface area (Å²) in [6.45, 7) is -0.00929. The van der Waals surface area contributed by atoms with Crippen LogP contribution in [0.2, 0.25) is 5.02 Å². The second-order valence-electron chi connectivity index (χ2n) is 7.64. The van der Waals surface area contributed by atoms with Crippen LogP contribution in [0.5, 0.6) is 5.75 Å². The number of amides is 1. The molecule has 3 aromatic rings. The largest absolute Gasteiger partial charge is 0.502 e. The Morgan fingerprint density at radius 2 is 1.84 bits per heavy atom. The molecule has 1 amide bonds. The minimum absolute atomic E-state index is 0.0728. The highest BCUT2D eigenvalue weighted by Gasteiger charge is 2.38. The lowest BCUT2D eigenvalue weighted by Gasteiger charge is -2.44. The first-order valence-electron chi connectivity index (χ1n) is 10.1. The lowest BCUT2D eigenvalue weighted by Crippen LogP contribution is -2.56. The molecular weight excluding hydrogens is 450 g/mol. The van der Waals surface area contributed by atoms with E-state index in [-0.39, 0.29) is 31.6 Å². The Morgan fingerprint density at radius 1 is 1.06 bits per heavy atom. The van der Waals surface area contributed by atoms with Gasteiger partial charge in [0.1, 0.15) is 6.67 Å². The summed E-state index contributed by atoms with van der Waals surface area (Å²) >= 11 is 8.24. The number of β-amino-alcohol motifs (C(OH)–C–C–N with tert-alkyl or cyclic N) is 1. The molecule has 2 aromatic carbocycles. The van der Waals surface area contributed by atoms with Crippen molar-refractivity contribution in [1.82, 2.24) is 9.58 Å². The van der Waals surface area contributed by atoms with Crippen molar-refractivity contribution in [1.29, 1.82) is 0 Å². The van der Waals surface area contributed by atoms with Gasteiger partial charge in [-0.2, -0.15) is 0 Å². The summed E-state index contributed by atoms with van der Waals surface area (Å²) in [5, 5.41) is 22.6. The first-order chi connectivity index (χ1) is 15.5. The molecule has 2 aliphatic rings. The summed E-state index contributed by atoms with van der Waals surface area (Å²) in [5.74, 6) is -0.375. The van der Waals surface area contributed by atoms with Gasteiger partial charge in [0.2, 0.25) is 5.43 Å². The zero-order valence-electron chi connectivity index (χ0n) is 16.9. The molecule has 0 fully saturated rings. The number of aromatic hydroxyl groups is 1. The number of aliphatic hydroxyl groups excluding tert-OH is 1. The Balaban J connectivity index is 1.78. The fourth-order valence-electron chi connectivity index (χ4n) is 4.35. The number of aliphatic hydroxyl groups is 1. The number of halogens is 1. The van der Waals surface area contributed by atoms with Gasteiger partial charge >= 0.3 is 0 Å². The van der Waals surface area contributed by atoms with Crippen molar-refractivity contribution >= 4 is 29.3 Å². The molecule has 3 heterocycles. The molecule has 0 saturated heterocycles. The maximum atomic E-state index is 13.1. The van der Waals surface area contributed by atoms with Crippen molar-refractivity contribution < 1.29 is 15.0 Å². The van der Waals surface area contributed by atoms with Gasteiger partial charge in [-0.05, 0) is 22.8 Å². The molecule has 0 radical (unpaired) electrons. The summed E-state index contributed by atoms with van der Waals surface area (Å²) in [4.78, 5) is 27.6. The van der Waals surface area contributed by atoms with Crippen LogP contribution >= 0.6 is 23.4 Å². The number of carbonyl (C=O) groups excluding carboxylic acids is 1. The number of nitrogens with zero attached hydrogens (tertiary/aromatic N) is 3. The van der Waals surface area contributed by atoms with E-state index in [1.807, 2.05) is 41.4 Å². The summed E-state index contributed by atoms with van der Waals surface area (Å²) in [6, 6.07) is 14.7. The van der Waals surface area contributed by atoms with Gasteiger partial charge in [-0.1, -0.05) is 48.0 Å². The third kappa shape index (κ3) is 3.26. The first kappa shape index (κ1) is 20.9. The standard InChI is InChI=1S/C23H20ClN3O4S/c24-17-7-3-6-16-19(15-5-2-1-4-14(15)12-32-22(16)17)27-13-25(10-11-28)23(31)20-21(30)18(29)8-9-26(20)27/h1-9,19,28,30H,10-13H2. The lowest BCUT2D eigenvalue weighted by molar-refractivity contribution is 0.0642. The Kier molecular flexibility index (Phi) is 5.36. The van der Waals surface area contributed by atoms with Crippen molar-refractivity contribution in [3.63, 3.8) is 0 Å². The summed E-state index contributed by atoms with van der Waals surface area (Å²) in [5.41, 5.74) is 2.40. The van der Waals surface area contributed by atoms with E-state index < -0.39 is 17.1 Å². The molecule has 1 atom stereocenters. The molecule has 0 bridgehead atoms. The molecule has 0 saturated carbocycles. The molecule has 32 heavy (non-hydrogen) atoms. The fraction of sp³-hybridized carbons (Fsp3) is 0.217. The van der Waals surface area contributed by atoms with E-state index in [2.05, 4.69) is 6.07 Å². The molecule has 2 aliphatic heterocycles. The molecule has 1 unspecified atom stereocenters. The van der Waals surface area contributed by atoms with Gasteiger partial charge < -0.3 is 15.1 Å². The van der Waals surface area contributed by atoms with Crippen molar-refractivity contribution in [2.45, 2.75) is 16.7 Å². The van der Waals surface area contributed by atoms with Crippen LogP contribution in [0.4, 0.5) is 0 Å². The monoisotopic (exact) mass is 469 g/mol. The highest BCUT2D eigenvalue weighted by atomic mass is 35.5. The second-order valence-corrected chi connectivity index (χ2v) is 9.04. The number of hydrogen-bond donors (Lipinski definition) is 2. The van der Waals surface area contributed by atoms with Crippen LogP contribution in [-0.2, 0) is 5.75 Å². The SMILES string of the molecule is O=C1c2c(O)c(=O)ccn2N(C2c3ccccc3CSc3c(Cl)cccc32)CN1CCO. The van der Waals surface area contributed by atoms with Crippen molar-refractivity contribution in [2.75, 3.05) is 24.8 Å². The molecule has 0 spiro atoms. The van der Waals surface area contributed by atoms with Crippen molar-refractivity contribution in [2.24, 2.45) is 0 Å². The van der Waals surface area contributed by atoms with Gasteiger partial charge in [-0.25, -0.2) is 0 Å². The molecule has 7 nitrogen and oxygen atoms in total. The predicted molar refractivity (Wildman–Crippen MR) is 123 cm³/mol. The number of benzene rings is 2. The van der Waals surface area contributed by atoms with Gasteiger partial charge in [0.15, 0.2) is 11.4 Å². The maximum absolute atomic E-state index is 13.1. The average molecular weight is 470 g/mol. The molecule has 164 valence electrons. The smallest absolute Gasteiger partial charge is 0.277 e. The summed E-state index contributed by atoms with van der Waals surface area (Å²) in [6.07, 6.45) is 1.51. The van der Waals surface area contributed by atoms with Crippen molar-refractivity contribution in [3.8, 4) is 5.75 Å². The number of rotatable bonds is 3. The van der Waals surface area contributed by atoms with Gasteiger partial charge in [0, 0.05) is 29.5 Å². The van der Waals surface area contributed by atoms with Crippen LogP contribution < -0.4 is 10.4 Å². The normalized spacial score (nSPS) is 17.4. The number of thioether (sulfide) groups is 1. The van der Waals surface area contributed by atoms with E-state index in [1.54, 1.807) is 16.4 Å².